The zero-order valence-corrected chi connectivity index (χ0v) is 26.9. The number of carboxylic acids is 2. The average Bonchev–Trinajstić information content (AvgIpc) is 3.59. The summed E-state index contributed by atoms with van der Waals surface area (Å²) in [5, 5.41) is 18.9. The van der Waals surface area contributed by atoms with Gasteiger partial charge >= 0.3 is 11.9 Å². The van der Waals surface area contributed by atoms with Gasteiger partial charge in [0.1, 0.15) is 0 Å². The van der Waals surface area contributed by atoms with Crippen LogP contribution in [0.3, 0.4) is 0 Å². The standard InChI is InChI=1S/C34H34N4O4.ClH.Fe/c1-7-21-17(3)25-13-26-19(5)23(9-11-33(39)40)31(37-26)16-32-24(10-12-34(41)42)20(6)28(38-32)15-30-22(8-2)18(4)27(36-30)14-29(21)35-25;;/h7-8,13-16H,1-2,9-12H2,3-6H3,(H4,35,36,37,38,39,40,41,42);1H;/p-1. The van der Waals surface area contributed by atoms with Crippen LogP contribution in [0.5, 0.6) is 0 Å². The van der Waals surface area contributed by atoms with Crippen molar-refractivity contribution in [2.45, 2.75) is 53.4 Å². The quantitative estimate of drug-likeness (QED) is 0.214. The molecule has 2 aliphatic heterocycles. The van der Waals surface area contributed by atoms with Gasteiger partial charge in [-0.05, 0) is 75.0 Å². The van der Waals surface area contributed by atoms with Gasteiger partial charge in [0.25, 0.3) is 0 Å². The maximum atomic E-state index is 11.5. The van der Waals surface area contributed by atoms with Crippen molar-refractivity contribution < 1.29 is 36.9 Å². The van der Waals surface area contributed by atoms with Crippen molar-refractivity contribution in [3.8, 4) is 0 Å². The zero-order chi connectivity index (χ0) is 30.3. The summed E-state index contributed by atoms with van der Waals surface area (Å²) in [6.45, 7) is 16.0. The number of carboxylic acid groups (broad SMARTS) is 2. The molecular weight excluding hydrogens is 620 g/mol. The van der Waals surface area contributed by atoms with Crippen molar-refractivity contribution in [3.63, 3.8) is 0 Å². The van der Waals surface area contributed by atoms with Crippen molar-refractivity contribution in [1.82, 2.24) is 19.9 Å². The minimum Gasteiger partial charge on any atom is -0.657 e. The third kappa shape index (κ3) is 6.36. The van der Waals surface area contributed by atoms with Gasteiger partial charge in [-0.25, -0.2) is 9.97 Å². The zero-order valence-electron chi connectivity index (χ0n) is 25.0. The Morgan fingerprint density at radius 3 is 2.02 bits per heavy atom. The second kappa shape index (κ2) is 13.6. The minimum absolute atomic E-state index is 0. The Kier molecular flexibility index (Phi) is 10.6. The Morgan fingerprint density at radius 2 is 1.39 bits per heavy atom. The molecule has 44 heavy (non-hydrogen) atoms. The number of aromatic amines is 1. The Morgan fingerprint density at radius 1 is 0.795 bits per heavy atom. The minimum atomic E-state index is -0.894. The summed E-state index contributed by atoms with van der Waals surface area (Å²) in [5.74, 6) is -1.79. The van der Waals surface area contributed by atoms with Crippen LogP contribution in [0.2, 0.25) is 0 Å². The van der Waals surface area contributed by atoms with E-state index in [-0.39, 0.29) is 42.3 Å². The van der Waals surface area contributed by atoms with Crippen LogP contribution in [0.4, 0.5) is 0 Å². The molecule has 0 spiro atoms. The number of allylic oxidation sites excluding steroid dienone is 5. The van der Waals surface area contributed by atoms with E-state index in [9.17, 15) is 19.8 Å². The molecule has 0 fully saturated rings. The van der Waals surface area contributed by atoms with E-state index in [4.69, 9.17) is 15.0 Å². The van der Waals surface area contributed by atoms with Gasteiger partial charge in [-0.2, -0.15) is 0 Å². The first-order valence-electron chi connectivity index (χ1n) is 13.8. The molecule has 5 heterocycles. The molecule has 10 heteroatoms. The number of rotatable bonds is 8. The van der Waals surface area contributed by atoms with Gasteiger partial charge in [-0.1, -0.05) is 48.6 Å². The average molecular weight is 654 g/mol. The fourth-order valence-electron chi connectivity index (χ4n) is 5.69. The van der Waals surface area contributed by atoms with Gasteiger partial charge in [0.05, 0.1) is 22.8 Å². The van der Waals surface area contributed by atoms with Crippen LogP contribution < -0.4 is 4.98 Å². The van der Waals surface area contributed by atoms with Gasteiger partial charge in [0.15, 0.2) is 0 Å². The van der Waals surface area contributed by atoms with Crippen LogP contribution in [-0.2, 0) is 33.1 Å². The molecule has 2 aliphatic rings. The summed E-state index contributed by atoms with van der Waals surface area (Å²) < 4.78 is 0. The summed E-state index contributed by atoms with van der Waals surface area (Å²) in [5.41, 5.74) is 13.2. The molecule has 0 saturated heterocycles. The van der Waals surface area contributed by atoms with Crippen molar-refractivity contribution in [2.75, 3.05) is 0 Å². The van der Waals surface area contributed by atoms with Gasteiger partial charge < -0.3 is 20.2 Å². The fourth-order valence-corrected chi connectivity index (χ4v) is 5.69. The third-order valence-corrected chi connectivity index (χ3v) is 8.14. The normalized spacial score (nSPS) is 12.5. The summed E-state index contributed by atoms with van der Waals surface area (Å²) in [6.07, 6.45) is 4.13. The first kappa shape index (κ1) is 34.3. The Bertz CT molecular complexity index is 1930. The van der Waals surface area contributed by atoms with Crippen LogP contribution in [0, 0.1) is 13.8 Å². The van der Waals surface area contributed by atoms with E-state index in [2.05, 4.69) is 18.1 Å². The van der Waals surface area contributed by atoms with Crippen LogP contribution in [-0.4, -0.2) is 37.1 Å². The summed E-state index contributed by atoms with van der Waals surface area (Å²) in [4.78, 5) is 41.4. The second-order valence-electron chi connectivity index (χ2n) is 10.7. The van der Waals surface area contributed by atoms with Crippen molar-refractivity contribution in [2.24, 2.45) is 0 Å². The molecule has 0 atom stereocenters. The molecule has 8 nitrogen and oxygen atoms in total. The molecule has 0 aromatic carbocycles. The predicted octanol–water partition coefficient (Wildman–Crippen LogP) is 7.55. The first-order valence-corrected chi connectivity index (χ1v) is 13.8. The maximum Gasteiger partial charge on any atom is 0.303 e. The smallest absolute Gasteiger partial charge is 0.303 e. The molecule has 0 radical (unpaired) electrons. The number of aliphatic carboxylic acids is 2. The van der Waals surface area contributed by atoms with E-state index in [1.54, 1.807) is 6.08 Å². The number of halogens is 1. The van der Waals surface area contributed by atoms with Crippen molar-refractivity contribution in [1.29, 1.82) is 0 Å². The molecule has 3 N–H and O–H groups in total. The number of nitrogens with one attached hydrogen (secondary N) is 1. The number of fused-ring (bicyclic) bond motifs is 8. The molecular formula is C34H34ClFeN4O4-. The van der Waals surface area contributed by atoms with Crippen LogP contribution >= 0.6 is 12.4 Å². The number of H-pyrrole nitrogens is 1. The number of hydrogen-bond donors (Lipinski definition) is 3. The van der Waals surface area contributed by atoms with E-state index < -0.39 is 11.9 Å². The van der Waals surface area contributed by atoms with Gasteiger partial charge in [-0.15, -0.1) is 23.4 Å². The number of nitrogens with zero attached hydrogens (tertiary/aromatic N) is 3. The molecule has 0 amide bonds. The van der Waals surface area contributed by atoms with E-state index >= 15 is 0 Å². The monoisotopic (exact) mass is 653 g/mol. The van der Waals surface area contributed by atoms with E-state index in [0.29, 0.717) is 35.3 Å². The molecule has 0 saturated carbocycles. The summed E-state index contributed by atoms with van der Waals surface area (Å²) in [6, 6.07) is 7.75. The number of carbonyl (C=O) groups is 2. The van der Waals surface area contributed by atoms with Crippen molar-refractivity contribution >= 4 is 74.8 Å². The molecule has 3 aromatic heterocycles. The molecule has 230 valence electrons. The van der Waals surface area contributed by atoms with E-state index in [1.165, 1.54) is 0 Å². The SMILES string of the molecule is C=CC1=C(C)c2cc3[n-]c(cc4nc(cc5[nH]c(cc1n2)c(C)c5C=C)C(C)=C4CCC(=O)O)c(CCC(=O)O)c3C.Cl.[Fe]. The van der Waals surface area contributed by atoms with Gasteiger partial charge in [-0.3, -0.25) is 9.59 Å². The third-order valence-electron chi connectivity index (χ3n) is 8.14. The fraction of sp³-hybridized carbons (Fsp3) is 0.235. The second-order valence-corrected chi connectivity index (χ2v) is 10.7. The molecule has 0 aliphatic carbocycles. The molecule has 0 unspecified atom stereocenters. The van der Waals surface area contributed by atoms with Crippen LogP contribution in [0.25, 0.3) is 50.4 Å². The number of hydrogen-bond acceptors (Lipinski definition) is 4. The van der Waals surface area contributed by atoms with E-state index in [0.717, 1.165) is 67.0 Å². The predicted molar refractivity (Wildman–Crippen MR) is 175 cm³/mol. The Balaban J connectivity index is 0.00000264. The molecule has 8 bridgehead atoms. The maximum absolute atomic E-state index is 11.5. The summed E-state index contributed by atoms with van der Waals surface area (Å²) in [7, 11) is 0. The molecule has 5 rings (SSSR count). The largest absolute Gasteiger partial charge is 0.657 e. The van der Waals surface area contributed by atoms with Gasteiger partial charge in [0.2, 0.25) is 0 Å². The molecule has 3 aromatic rings. The van der Waals surface area contributed by atoms with Crippen LogP contribution in [0.1, 0.15) is 78.1 Å². The topological polar surface area (TPSA) is 130 Å². The van der Waals surface area contributed by atoms with Crippen LogP contribution in [0.15, 0.2) is 43.5 Å². The number of aryl methyl sites for hydroxylation is 3. The van der Waals surface area contributed by atoms with Crippen molar-refractivity contribution in [3.05, 3.63) is 88.5 Å². The van der Waals surface area contributed by atoms with Gasteiger partial charge in [0, 0.05) is 52.1 Å². The Labute approximate surface area is 272 Å². The van der Waals surface area contributed by atoms with E-state index in [1.807, 2.05) is 58.0 Å². The first-order chi connectivity index (χ1) is 20.0. The number of aromatic nitrogens is 4. The summed E-state index contributed by atoms with van der Waals surface area (Å²) >= 11 is 0. The Hall–Kier alpha value is -4.17.